The maximum Gasteiger partial charge on any atom is 0.156 e. The van der Waals surface area contributed by atoms with E-state index in [1.165, 1.54) is 18.5 Å². The summed E-state index contributed by atoms with van der Waals surface area (Å²) < 4.78 is 0. The van der Waals surface area contributed by atoms with Crippen LogP contribution in [0.2, 0.25) is 0 Å². The van der Waals surface area contributed by atoms with E-state index < -0.39 is 0 Å². The molecule has 0 aromatic carbocycles. The van der Waals surface area contributed by atoms with Gasteiger partial charge in [-0.05, 0) is 51.3 Å². The third kappa shape index (κ3) is 4.11. The third-order valence-electron chi connectivity index (χ3n) is 4.74. The van der Waals surface area contributed by atoms with Crippen molar-refractivity contribution in [2.75, 3.05) is 13.1 Å². The SMILES string of the molecule is Cc1cnc(-c2cc(CC3CCN(Cc4cscn4)CC3)ncn2)[nH]1. The lowest BCUT2D eigenvalue weighted by Crippen LogP contribution is -2.34. The normalized spacial score (nSPS) is 16.4. The lowest BCUT2D eigenvalue weighted by atomic mass is 9.92. The molecule has 1 saturated heterocycles. The van der Waals surface area contributed by atoms with Crippen LogP contribution in [0.4, 0.5) is 0 Å². The van der Waals surface area contributed by atoms with Gasteiger partial charge in [0.05, 0.1) is 11.2 Å². The number of H-pyrrole nitrogens is 1. The predicted octanol–water partition coefficient (Wildman–Crippen LogP) is 3.09. The zero-order valence-electron chi connectivity index (χ0n) is 14.4. The lowest BCUT2D eigenvalue weighted by Gasteiger charge is -2.31. The summed E-state index contributed by atoms with van der Waals surface area (Å²) in [5, 5.41) is 2.14. The van der Waals surface area contributed by atoms with Crippen LogP contribution < -0.4 is 0 Å². The molecule has 1 aliphatic rings. The van der Waals surface area contributed by atoms with Crippen LogP contribution in [0.15, 0.2) is 29.5 Å². The van der Waals surface area contributed by atoms with Gasteiger partial charge in [0.2, 0.25) is 0 Å². The Balaban J connectivity index is 1.34. The van der Waals surface area contributed by atoms with Crippen molar-refractivity contribution in [2.45, 2.75) is 32.7 Å². The van der Waals surface area contributed by atoms with E-state index in [-0.39, 0.29) is 0 Å². The topological polar surface area (TPSA) is 70.6 Å². The zero-order chi connectivity index (χ0) is 17.1. The fraction of sp³-hybridized carbons (Fsp3) is 0.444. The number of aromatic amines is 1. The standard InChI is InChI=1S/C18H22N6S/c1-13-8-19-18(23-13)17-7-15(20-11-21-17)6-14-2-4-24(5-3-14)9-16-10-25-12-22-16/h7-8,10-12,14H,2-6,9H2,1H3,(H,19,23). The molecule has 0 spiro atoms. The van der Waals surface area contributed by atoms with Gasteiger partial charge in [0, 0.05) is 29.5 Å². The minimum Gasteiger partial charge on any atom is -0.341 e. The maximum absolute atomic E-state index is 4.47. The molecule has 0 aliphatic carbocycles. The van der Waals surface area contributed by atoms with Crippen LogP contribution in [0.25, 0.3) is 11.5 Å². The van der Waals surface area contributed by atoms with Gasteiger partial charge in [-0.15, -0.1) is 11.3 Å². The number of aryl methyl sites for hydroxylation is 1. The van der Waals surface area contributed by atoms with E-state index in [4.69, 9.17) is 0 Å². The van der Waals surface area contributed by atoms with E-state index in [0.717, 1.165) is 49.0 Å². The highest BCUT2D eigenvalue weighted by Gasteiger charge is 2.20. The fourth-order valence-corrected chi connectivity index (χ4v) is 3.92. The Morgan fingerprint density at radius 2 is 2.04 bits per heavy atom. The van der Waals surface area contributed by atoms with Crippen molar-refractivity contribution in [3.63, 3.8) is 0 Å². The van der Waals surface area contributed by atoms with Gasteiger partial charge in [-0.3, -0.25) is 4.90 Å². The van der Waals surface area contributed by atoms with Gasteiger partial charge in [-0.2, -0.15) is 0 Å². The van der Waals surface area contributed by atoms with E-state index in [2.05, 4.69) is 41.3 Å². The van der Waals surface area contributed by atoms with Crippen molar-refractivity contribution < 1.29 is 0 Å². The summed E-state index contributed by atoms with van der Waals surface area (Å²) in [7, 11) is 0. The predicted molar refractivity (Wildman–Crippen MR) is 98.2 cm³/mol. The van der Waals surface area contributed by atoms with E-state index in [9.17, 15) is 0 Å². The summed E-state index contributed by atoms with van der Waals surface area (Å²) in [4.78, 5) is 23.3. The molecular formula is C18H22N6S. The van der Waals surface area contributed by atoms with Crippen LogP contribution in [-0.4, -0.2) is 42.9 Å². The summed E-state index contributed by atoms with van der Waals surface area (Å²) in [5.41, 5.74) is 6.13. The molecule has 4 rings (SSSR count). The van der Waals surface area contributed by atoms with E-state index in [0.29, 0.717) is 5.92 Å². The van der Waals surface area contributed by atoms with Crippen LogP contribution in [0.3, 0.4) is 0 Å². The molecule has 3 aromatic rings. The molecule has 3 aromatic heterocycles. The quantitative estimate of drug-likeness (QED) is 0.762. The molecule has 1 aliphatic heterocycles. The first kappa shape index (κ1) is 16.4. The Morgan fingerprint density at radius 3 is 2.76 bits per heavy atom. The highest BCUT2D eigenvalue weighted by Crippen LogP contribution is 2.23. The van der Waals surface area contributed by atoms with Crippen molar-refractivity contribution in [1.82, 2.24) is 29.8 Å². The van der Waals surface area contributed by atoms with Crippen molar-refractivity contribution in [3.8, 4) is 11.5 Å². The second kappa shape index (κ2) is 7.41. The van der Waals surface area contributed by atoms with E-state index in [1.807, 2.05) is 18.6 Å². The average molecular weight is 354 g/mol. The molecule has 0 bridgehead atoms. The van der Waals surface area contributed by atoms with Crippen molar-refractivity contribution >= 4 is 11.3 Å². The van der Waals surface area contributed by atoms with Gasteiger partial charge in [0.1, 0.15) is 12.0 Å². The molecule has 130 valence electrons. The summed E-state index contributed by atoms with van der Waals surface area (Å²) in [6.45, 7) is 5.25. The van der Waals surface area contributed by atoms with Crippen molar-refractivity contribution in [3.05, 3.63) is 46.6 Å². The highest BCUT2D eigenvalue weighted by molar-refractivity contribution is 7.07. The Labute approximate surface area is 151 Å². The Bertz CT molecular complexity index is 805. The van der Waals surface area contributed by atoms with Crippen LogP contribution in [-0.2, 0) is 13.0 Å². The van der Waals surface area contributed by atoms with Gasteiger partial charge in [0.25, 0.3) is 0 Å². The van der Waals surface area contributed by atoms with E-state index >= 15 is 0 Å². The number of hydrogen-bond donors (Lipinski definition) is 1. The number of nitrogens with zero attached hydrogens (tertiary/aromatic N) is 5. The largest absolute Gasteiger partial charge is 0.341 e. The van der Waals surface area contributed by atoms with Crippen molar-refractivity contribution in [1.29, 1.82) is 0 Å². The lowest BCUT2D eigenvalue weighted by molar-refractivity contribution is 0.175. The maximum atomic E-state index is 4.47. The number of imidazole rings is 1. The van der Waals surface area contributed by atoms with Crippen LogP contribution >= 0.6 is 11.3 Å². The summed E-state index contributed by atoms with van der Waals surface area (Å²) in [6, 6.07) is 2.07. The second-order valence-corrected chi connectivity index (χ2v) is 7.43. The molecule has 1 fully saturated rings. The van der Waals surface area contributed by atoms with Gasteiger partial charge in [-0.1, -0.05) is 0 Å². The third-order valence-corrected chi connectivity index (χ3v) is 5.38. The number of likely N-dealkylation sites (tertiary alicyclic amines) is 1. The number of rotatable bonds is 5. The number of hydrogen-bond acceptors (Lipinski definition) is 6. The average Bonchev–Trinajstić information content (AvgIpc) is 3.29. The molecule has 4 heterocycles. The van der Waals surface area contributed by atoms with Crippen molar-refractivity contribution in [2.24, 2.45) is 5.92 Å². The summed E-state index contributed by atoms with van der Waals surface area (Å²) in [5.74, 6) is 1.51. The molecule has 0 radical (unpaired) electrons. The molecule has 0 unspecified atom stereocenters. The van der Waals surface area contributed by atoms with E-state index in [1.54, 1.807) is 17.7 Å². The number of aromatic nitrogens is 5. The van der Waals surface area contributed by atoms with Gasteiger partial charge < -0.3 is 4.98 Å². The fourth-order valence-electron chi connectivity index (χ4n) is 3.37. The van der Waals surface area contributed by atoms with Crippen LogP contribution in [0.5, 0.6) is 0 Å². The van der Waals surface area contributed by atoms with Crippen LogP contribution in [0, 0.1) is 12.8 Å². The van der Waals surface area contributed by atoms with Crippen LogP contribution in [0.1, 0.15) is 29.9 Å². The molecular weight excluding hydrogens is 332 g/mol. The number of nitrogens with one attached hydrogen (secondary N) is 1. The molecule has 6 nitrogen and oxygen atoms in total. The molecule has 0 saturated carbocycles. The molecule has 0 amide bonds. The number of piperidine rings is 1. The molecule has 0 atom stereocenters. The monoisotopic (exact) mass is 354 g/mol. The molecule has 7 heteroatoms. The minimum absolute atomic E-state index is 0.688. The highest BCUT2D eigenvalue weighted by atomic mass is 32.1. The second-order valence-electron chi connectivity index (χ2n) is 6.71. The summed E-state index contributed by atoms with van der Waals surface area (Å²) >= 11 is 1.67. The number of thiazole rings is 1. The van der Waals surface area contributed by atoms with Gasteiger partial charge in [-0.25, -0.2) is 19.9 Å². The first-order valence-electron chi connectivity index (χ1n) is 8.68. The molecule has 25 heavy (non-hydrogen) atoms. The Kier molecular flexibility index (Phi) is 4.85. The minimum atomic E-state index is 0.688. The Morgan fingerprint density at radius 1 is 1.16 bits per heavy atom. The molecule has 1 N–H and O–H groups in total. The Hall–Kier alpha value is -2.12. The zero-order valence-corrected chi connectivity index (χ0v) is 15.2. The van der Waals surface area contributed by atoms with Gasteiger partial charge in [0.15, 0.2) is 5.82 Å². The first-order valence-corrected chi connectivity index (χ1v) is 9.63. The van der Waals surface area contributed by atoms with Gasteiger partial charge >= 0.3 is 0 Å². The first-order chi connectivity index (χ1) is 12.3. The smallest absolute Gasteiger partial charge is 0.156 e. The summed E-state index contributed by atoms with van der Waals surface area (Å²) in [6.07, 6.45) is 6.92.